The molecule has 0 aliphatic rings. The van der Waals surface area contributed by atoms with Crippen molar-refractivity contribution in [2.24, 2.45) is 0 Å². The lowest BCUT2D eigenvalue weighted by atomic mass is 10.1. The fraction of sp³-hybridized carbons (Fsp3) is 0.300. The van der Waals surface area contributed by atoms with E-state index in [-0.39, 0.29) is 25.2 Å². The molecule has 0 aliphatic carbocycles. The zero-order chi connectivity index (χ0) is 18.1. The summed E-state index contributed by atoms with van der Waals surface area (Å²) in [5.41, 5.74) is 1.82. The van der Waals surface area contributed by atoms with Crippen LogP contribution < -0.4 is 9.47 Å². The quantitative estimate of drug-likeness (QED) is 0.517. The number of ketones is 1. The van der Waals surface area contributed by atoms with Crippen LogP contribution in [0.25, 0.3) is 0 Å². The number of ether oxygens (including phenoxy) is 3. The third kappa shape index (κ3) is 5.95. The van der Waals surface area contributed by atoms with Crippen molar-refractivity contribution in [3.63, 3.8) is 0 Å². The fourth-order valence-corrected chi connectivity index (χ4v) is 2.34. The van der Waals surface area contributed by atoms with Gasteiger partial charge in [-0.05, 0) is 30.2 Å². The lowest BCUT2D eigenvalue weighted by molar-refractivity contribution is -0.145. The standard InChI is InChI=1S/C20H22O5/c1-3-24-20(22)13-17(21)11-16-9-10-18(19(12-16)23-2)25-14-15-7-5-4-6-8-15/h4-10,12H,3,11,13-14H2,1-2H3. The summed E-state index contributed by atoms with van der Waals surface area (Å²) in [6.45, 7) is 2.41. The summed E-state index contributed by atoms with van der Waals surface area (Å²) in [7, 11) is 1.55. The average Bonchev–Trinajstić information content (AvgIpc) is 2.61. The van der Waals surface area contributed by atoms with Crippen molar-refractivity contribution in [1.29, 1.82) is 0 Å². The summed E-state index contributed by atoms with van der Waals surface area (Å²) in [5.74, 6) is 0.464. The number of rotatable bonds is 9. The monoisotopic (exact) mass is 342 g/mol. The van der Waals surface area contributed by atoms with Crippen LogP contribution in [-0.4, -0.2) is 25.5 Å². The van der Waals surface area contributed by atoms with Crippen LogP contribution in [0, 0.1) is 0 Å². The van der Waals surface area contributed by atoms with Crippen molar-refractivity contribution < 1.29 is 23.8 Å². The first kappa shape index (κ1) is 18.5. The number of Topliss-reactive ketones (excluding diaryl/α,β-unsaturated/α-hetero) is 1. The molecule has 0 saturated carbocycles. The SMILES string of the molecule is CCOC(=O)CC(=O)Cc1ccc(OCc2ccccc2)c(OC)c1. The minimum absolute atomic E-state index is 0.147. The molecule has 2 aromatic carbocycles. The Bertz CT molecular complexity index is 709. The predicted molar refractivity (Wildman–Crippen MR) is 93.7 cm³/mol. The first-order chi connectivity index (χ1) is 12.1. The van der Waals surface area contributed by atoms with Gasteiger partial charge in [0.15, 0.2) is 11.5 Å². The molecule has 0 bridgehead atoms. The maximum atomic E-state index is 11.9. The number of carbonyl (C=O) groups is 2. The highest BCUT2D eigenvalue weighted by Gasteiger charge is 2.13. The first-order valence-electron chi connectivity index (χ1n) is 8.13. The maximum Gasteiger partial charge on any atom is 0.313 e. The second-order valence-corrected chi connectivity index (χ2v) is 5.46. The van der Waals surface area contributed by atoms with Crippen LogP contribution in [0.5, 0.6) is 11.5 Å². The highest BCUT2D eigenvalue weighted by Crippen LogP contribution is 2.29. The second kappa shape index (κ2) is 9.47. The van der Waals surface area contributed by atoms with E-state index in [2.05, 4.69) is 0 Å². The van der Waals surface area contributed by atoms with E-state index in [9.17, 15) is 9.59 Å². The van der Waals surface area contributed by atoms with Crippen molar-refractivity contribution in [2.75, 3.05) is 13.7 Å². The molecule has 0 radical (unpaired) electrons. The largest absolute Gasteiger partial charge is 0.493 e. The molecule has 0 amide bonds. The molecule has 0 spiro atoms. The highest BCUT2D eigenvalue weighted by molar-refractivity contribution is 5.96. The number of esters is 1. The Balaban J connectivity index is 1.98. The molecule has 0 unspecified atom stereocenters. The fourth-order valence-electron chi connectivity index (χ4n) is 2.34. The van der Waals surface area contributed by atoms with E-state index >= 15 is 0 Å². The minimum Gasteiger partial charge on any atom is -0.493 e. The molecule has 0 saturated heterocycles. The Labute approximate surface area is 147 Å². The van der Waals surface area contributed by atoms with Gasteiger partial charge in [-0.1, -0.05) is 36.4 Å². The van der Waals surface area contributed by atoms with Gasteiger partial charge >= 0.3 is 5.97 Å². The van der Waals surface area contributed by atoms with Gasteiger partial charge in [0.05, 0.1) is 13.7 Å². The number of methoxy groups -OCH3 is 1. The van der Waals surface area contributed by atoms with E-state index in [0.29, 0.717) is 18.1 Å². The lowest BCUT2D eigenvalue weighted by Crippen LogP contribution is -2.13. The zero-order valence-corrected chi connectivity index (χ0v) is 14.5. The summed E-state index contributed by atoms with van der Waals surface area (Å²) in [4.78, 5) is 23.3. The summed E-state index contributed by atoms with van der Waals surface area (Å²) >= 11 is 0. The molecule has 5 heteroatoms. The van der Waals surface area contributed by atoms with E-state index in [1.165, 1.54) is 0 Å². The van der Waals surface area contributed by atoms with Crippen LogP contribution in [0.2, 0.25) is 0 Å². The first-order valence-corrected chi connectivity index (χ1v) is 8.13. The average molecular weight is 342 g/mol. The summed E-state index contributed by atoms with van der Waals surface area (Å²) in [6, 6.07) is 15.1. The van der Waals surface area contributed by atoms with Crippen molar-refractivity contribution in [3.05, 3.63) is 59.7 Å². The normalized spacial score (nSPS) is 10.2. The molecule has 2 rings (SSSR count). The van der Waals surface area contributed by atoms with E-state index in [1.807, 2.05) is 30.3 Å². The lowest BCUT2D eigenvalue weighted by Gasteiger charge is -2.12. The molecule has 0 aromatic heterocycles. The van der Waals surface area contributed by atoms with Crippen molar-refractivity contribution in [3.8, 4) is 11.5 Å². The van der Waals surface area contributed by atoms with E-state index in [1.54, 1.807) is 32.2 Å². The molecular formula is C20H22O5. The zero-order valence-electron chi connectivity index (χ0n) is 14.5. The maximum absolute atomic E-state index is 11.9. The van der Waals surface area contributed by atoms with Crippen LogP contribution in [0.4, 0.5) is 0 Å². The molecular weight excluding hydrogens is 320 g/mol. The van der Waals surface area contributed by atoms with Crippen LogP contribution >= 0.6 is 0 Å². The Morgan fingerprint density at radius 2 is 1.72 bits per heavy atom. The number of hydrogen-bond donors (Lipinski definition) is 0. The smallest absolute Gasteiger partial charge is 0.313 e. The summed E-state index contributed by atoms with van der Waals surface area (Å²) in [5, 5.41) is 0. The van der Waals surface area contributed by atoms with Gasteiger partial charge in [0.1, 0.15) is 18.8 Å². The molecule has 0 atom stereocenters. The second-order valence-electron chi connectivity index (χ2n) is 5.46. The molecule has 0 heterocycles. The molecule has 0 aliphatic heterocycles. The number of hydrogen-bond acceptors (Lipinski definition) is 5. The summed E-state index contributed by atoms with van der Waals surface area (Å²) < 4.78 is 15.9. The number of benzene rings is 2. The van der Waals surface area contributed by atoms with E-state index in [4.69, 9.17) is 14.2 Å². The van der Waals surface area contributed by atoms with Gasteiger partial charge in [-0.25, -0.2) is 0 Å². The molecule has 0 N–H and O–H groups in total. The minimum atomic E-state index is -0.498. The Kier molecular flexibility index (Phi) is 7.01. The Hall–Kier alpha value is -2.82. The van der Waals surface area contributed by atoms with E-state index < -0.39 is 5.97 Å². The van der Waals surface area contributed by atoms with Gasteiger partial charge in [-0.2, -0.15) is 0 Å². The van der Waals surface area contributed by atoms with Gasteiger partial charge in [-0.15, -0.1) is 0 Å². The molecule has 5 nitrogen and oxygen atoms in total. The molecule has 25 heavy (non-hydrogen) atoms. The van der Waals surface area contributed by atoms with Gasteiger partial charge in [0.2, 0.25) is 0 Å². The Morgan fingerprint density at radius 1 is 0.960 bits per heavy atom. The topological polar surface area (TPSA) is 61.8 Å². The van der Waals surface area contributed by atoms with Gasteiger partial charge in [-0.3, -0.25) is 9.59 Å². The third-order valence-electron chi connectivity index (χ3n) is 3.51. The van der Waals surface area contributed by atoms with Crippen LogP contribution in [0.15, 0.2) is 48.5 Å². The van der Waals surface area contributed by atoms with Gasteiger partial charge in [0.25, 0.3) is 0 Å². The highest BCUT2D eigenvalue weighted by atomic mass is 16.5. The van der Waals surface area contributed by atoms with Gasteiger partial charge in [0, 0.05) is 6.42 Å². The van der Waals surface area contributed by atoms with Crippen molar-refractivity contribution >= 4 is 11.8 Å². The Morgan fingerprint density at radius 3 is 2.40 bits per heavy atom. The van der Waals surface area contributed by atoms with Crippen LogP contribution in [0.3, 0.4) is 0 Å². The number of carbonyl (C=O) groups excluding carboxylic acids is 2. The van der Waals surface area contributed by atoms with Crippen molar-refractivity contribution in [2.45, 2.75) is 26.4 Å². The van der Waals surface area contributed by atoms with Crippen molar-refractivity contribution in [1.82, 2.24) is 0 Å². The summed E-state index contributed by atoms with van der Waals surface area (Å²) in [6.07, 6.45) is -0.0729. The predicted octanol–water partition coefficient (Wildman–Crippen LogP) is 3.34. The van der Waals surface area contributed by atoms with Gasteiger partial charge < -0.3 is 14.2 Å². The van der Waals surface area contributed by atoms with E-state index in [0.717, 1.165) is 11.1 Å². The third-order valence-corrected chi connectivity index (χ3v) is 3.51. The molecule has 2 aromatic rings. The van der Waals surface area contributed by atoms with Crippen LogP contribution in [-0.2, 0) is 27.4 Å². The molecule has 0 fully saturated rings. The molecule has 132 valence electrons. The van der Waals surface area contributed by atoms with Crippen LogP contribution in [0.1, 0.15) is 24.5 Å².